The first-order chi connectivity index (χ1) is 11.0. The molecule has 0 aliphatic rings. The molecule has 0 saturated carbocycles. The minimum absolute atomic E-state index is 0.589. The molecule has 0 N–H and O–H groups in total. The van der Waals surface area contributed by atoms with E-state index in [9.17, 15) is 43.9 Å². The maximum Gasteiger partial charge on any atom is 0.200 e. The fraction of sp³-hybridized carbons (Fsp3) is 0.0769. The van der Waals surface area contributed by atoms with Gasteiger partial charge in [0.2, 0.25) is 11.6 Å². The molecular weight excluding hydrogens is 377 g/mol. The lowest BCUT2D eigenvalue weighted by atomic mass is 10.3. The fourth-order valence-electron chi connectivity index (χ4n) is 1.89. The van der Waals surface area contributed by atoms with Crippen molar-refractivity contribution in [3.05, 3.63) is 58.2 Å². The van der Waals surface area contributed by atoms with Crippen LogP contribution in [-0.2, 0) is 0 Å². The lowest BCUT2D eigenvalue weighted by molar-refractivity contribution is 0.383. The number of hydrogen-bond acceptors (Lipinski definition) is 0. The fourth-order valence-corrected chi connectivity index (χ4v) is 3.68. The van der Waals surface area contributed by atoms with Crippen molar-refractivity contribution in [1.29, 1.82) is 0 Å². The Labute approximate surface area is 128 Å². The lowest BCUT2D eigenvalue weighted by Crippen LogP contribution is -2.28. The zero-order chi connectivity index (χ0) is 18.5. The molecule has 0 bridgehead atoms. The third kappa shape index (κ3) is 2.53. The van der Waals surface area contributed by atoms with Crippen molar-refractivity contribution in [3.63, 3.8) is 0 Å². The molecule has 0 aliphatic carbocycles. The predicted octanol–water partition coefficient (Wildman–Crippen LogP) is 4.14. The summed E-state index contributed by atoms with van der Waals surface area (Å²) in [4.78, 5) is 0. The zero-order valence-corrected chi connectivity index (χ0v) is 12.1. The molecule has 24 heavy (non-hydrogen) atoms. The van der Waals surface area contributed by atoms with Crippen LogP contribution in [0, 0.1) is 58.2 Å². The first kappa shape index (κ1) is 18.5. The Hall–Kier alpha value is -1.83. The molecule has 0 nitrogen and oxygen atoms in total. The van der Waals surface area contributed by atoms with Crippen LogP contribution < -0.4 is 10.6 Å². The van der Waals surface area contributed by atoms with Crippen LogP contribution in [0.1, 0.15) is 0 Å². The summed E-state index contributed by atoms with van der Waals surface area (Å²) in [6.45, 7) is 0.589. The minimum Gasteiger partial charge on any atom is -0.203 e. The maximum atomic E-state index is 13.7. The SMILES string of the molecule is CP(c1c(F)c(F)c(F)c(F)c1F)c1c(F)c(F)c(F)c(F)c1F. The summed E-state index contributed by atoms with van der Waals surface area (Å²) in [6.07, 6.45) is 0. The summed E-state index contributed by atoms with van der Waals surface area (Å²) in [5.41, 5.74) is 0. The van der Waals surface area contributed by atoms with Crippen LogP contribution in [0.4, 0.5) is 43.9 Å². The Morgan fingerprint density at radius 1 is 0.375 bits per heavy atom. The second kappa shape index (κ2) is 6.23. The largest absolute Gasteiger partial charge is 0.203 e. The average molecular weight is 380 g/mol. The molecule has 2 aromatic carbocycles. The second-order valence-electron chi connectivity index (χ2n) is 4.40. The standard InChI is InChI=1S/C13H3F10P/c1-24(12-8(20)4(16)2(14)5(17)9(12)21)13-10(22)6(18)3(15)7(19)11(13)23/h1H3. The van der Waals surface area contributed by atoms with Crippen LogP contribution in [0.15, 0.2) is 0 Å². The van der Waals surface area contributed by atoms with Crippen LogP contribution in [0.5, 0.6) is 0 Å². The van der Waals surface area contributed by atoms with Crippen molar-refractivity contribution < 1.29 is 43.9 Å². The average Bonchev–Trinajstić information content (AvgIpc) is 2.55. The number of hydrogen-bond donors (Lipinski definition) is 0. The van der Waals surface area contributed by atoms with Gasteiger partial charge in [-0.1, -0.05) is 0 Å². The van der Waals surface area contributed by atoms with Gasteiger partial charge in [-0.25, -0.2) is 43.9 Å². The van der Waals surface area contributed by atoms with Crippen molar-refractivity contribution in [1.82, 2.24) is 0 Å². The Morgan fingerprint density at radius 3 is 0.750 bits per heavy atom. The molecule has 130 valence electrons. The van der Waals surface area contributed by atoms with E-state index in [1.165, 1.54) is 0 Å². The molecule has 2 rings (SSSR count). The molecule has 0 saturated heterocycles. The van der Waals surface area contributed by atoms with E-state index < -0.39 is 76.7 Å². The maximum absolute atomic E-state index is 13.7. The zero-order valence-electron chi connectivity index (χ0n) is 11.2. The van der Waals surface area contributed by atoms with Crippen LogP contribution in [0.25, 0.3) is 0 Å². The molecule has 2 aromatic rings. The Morgan fingerprint density at radius 2 is 0.542 bits per heavy atom. The van der Waals surface area contributed by atoms with Gasteiger partial charge in [0.15, 0.2) is 46.5 Å². The first-order valence-corrected chi connectivity index (χ1v) is 7.57. The number of rotatable bonds is 2. The Balaban J connectivity index is 2.84. The van der Waals surface area contributed by atoms with Gasteiger partial charge in [0, 0.05) is 0 Å². The van der Waals surface area contributed by atoms with Crippen LogP contribution >= 0.6 is 7.92 Å². The smallest absolute Gasteiger partial charge is 0.200 e. The highest BCUT2D eigenvalue weighted by Crippen LogP contribution is 2.37. The molecule has 0 amide bonds. The third-order valence-electron chi connectivity index (χ3n) is 3.04. The summed E-state index contributed by atoms with van der Waals surface area (Å²) in [7, 11) is -3.14. The summed E-state index contributed by atoms with van der Waals surface area (Å²) < 4.78 is 133. The normalized spacial score (nSPS) is 11.5. The second-order valence-corrected chi connectivity index (χ2v) is 6.41. The summed E-state index contributed by atoms with van der Waals surface area (Å²) in [5, 5.41) is -3.32. The monoisotopic (exact) mass is 380 g/mol. The van der Waals surface area contributed by atoms with Crippen molar-refractivity contribution in [2.75, 3.05) is 6.66 Å². The molecule has 0 spiro atoms. The minimum atomic E-state index is -3.14. The van der Waals surface area contributed by atoms with E-state index in [0.717, 1.165) is 0 Å². The summed E-state index contributed by atoms with van der Waals surface area (Å²) in [5.74, 6) is -24.3. The number of benzene rings is 2. The van der Waals surface area contributed by atoms with Gasteiger partial charge < -0.3 is 0 Å². The van der Waals surface area contributed by atoms with Crippen LogP contribution in [0.3, 0.4) is 0 Å². The molecule has 11 heteroatoms. The molecule has 0 aromatic heterocycles. The van der Waals surface area contributed by atoms with E-state index in [1.54, 1.807) is 0 Å². The van der Waals surface area contributed by atoms with Gasteiger partial charge >= 0.3 is 0 Å². The van der Waals surface area contributed by atoms with Gasteiger partial charge in [0.25, 0.3) is 0 Å². The molecule has 0 atom stereocenters. The van der Waals surface area contributed by atoms with Crippen molar-refractivity contribution in [2.24, 2.45) is 0 Å². The Bertz CT molecular complexity index is 720. The summed E-state index contributed by atoms with van der Waals surface area (Å²) in [6, 6.07) is 0. The molecule has 0 fully saturated rings. The predicted molar refractivity (Wildman–Crippen MR) is 64.6 cm³/mol. The molecule has 0 aliphatic heterocycles. The van der Waals surface area contributed by atoms with Gasteiger partial charge in [0.1, 0.15) is 0 Å². The van der Waals surface area contributed by atoms with Gasteiger partial charge in [0.05, 0.1) is 10.6 Å². The van der Waals surface area contributed by atoms with E-state index >= 15 is 0 Å². The van der Waals surface area contributed by atoms with E-state index in [1.807, 2.05) is 0 Å². The third-order valence-corrected chi connectivity index (χ3v) is 5.17. The van der Waals surface area contributed by atoms with E-state index in [2.05, 4.69) is 0 Å². The highest BCUT2D eigenvalue weighted by molar-refractivity contribution is 7.72. The highest BCUT2D eigenvalue weighted by Gasteiger charge is 2.35. The van der Waals surface area contributed by atoms with Crippen molar-refractivity contribution >= 4 is 18.5 Å². The van der Waals surface area contributed by atoms with E-state index in [4.69, 9.17) is 0 Å². The molecular formula is C13H3F10P. The molecule has 0 unspecified atom stereocenters. The van der Waals surface area contributed by atoms with Crippen molar-refractivity contribution in [3.8, 4) is 0 Å². The number of halogens is 10. The van der Waals surface area contributed by atoms with Crippen LogP contribution in [0.2, 0.25) is 0 Å². The van der Waals surface area contributed by atoms with E-state index in [0.29, 0.717) is 6.66 Å². The topological polar surface area (TPSA) is 0 Å². The van der Waals surface area contributed by atoms with Gasteiger partial charge in [-0.05, 0) is 14.6 Å². The first-order valence-electron chi connectivity index (χ1n) is 5.78. The van der Waals surface area contributed by atoms with Gasteiger partial charge in [-0.2, -0.15) is 0 Å². The lowest BCUT2D eigenvalue weighted by Gasteiger charge is -2.18. The van der Waals surface area contributed by atoms with E-state index in [-0.39, 0.29) is 0 Å². The van der Waals surface area contributed by atoms with Crippen LogP contribution in [-0.4, -0.2) is 6.66 Å². The molecule has 0 heterocycles. The highest BCUT2D eigenvalue weighted by atomic mass is 31.1. The van der Waals surface area contributed by atoms with Gasteiger partial charge in [-0.3, -0.25) is 0 Å². The summed E-state index contributed by atoms with van der Waals surface area (Å²) >= 11 is 0. The Kier molecular flexibility index (Phi) is 4.81. The molecule has 0 radical (unpaired) electrons. The van der Waals surface area contributed by atoms with Crippen molar-refractivity contribution in [2.45, 2.75) is 0 Å². The van der Waals surface area contributed by atoms with Gasteiger partial charge in [-0.15, -0.1) is 0 Å². The quantitative estimate of drug-likeness (QED) is 0.318.